The van der Waals surface area contributed by atoms with Crippen LogP contribution in [-0.2, 0) is 6.42 Å². The predicted octanol–water partition coefficient (Wildman–Crippen LogP) is 4.05. The normalized spacial score (nSPS) is 10.3. The lowest BCUT2D eigenvalue weighted by molar-refractivity contribution is 0.252. The van der Waals surface area contributed by atoms with E-state index in [1.807, 2.05) is 66.9 Å². The molecule has 2 aromatic carbocycles. The fraction of sp³-hybridized carbons (Fsp3) is 0.150. The fourth-order valence-electron chi connectivity index (χ4n) is 2.53. The summed E-state index contributed by atoms with van der Waals surface area (Å²) in [4.78, 5) is 15.1. The minimum atomic E-state index is -0.207. The number of ether oxygens (including phenoxy) is 1. The fourth-order valence-corrected chi connectivity index (χ4v) is 2.53. The van der Waals surface area contributed by atoms with Crippen LogP contribution in [0.3, 0.4) is 0 Å². The summed E-state index contributed by atoms with van der Waals surface area (Å²) in [6.45, 7) is 0.568. The third-order valence-electron chi connectivity index (χ3n) is 3.91. The van der Waals surface area contributed by atoms with Gasteiger partial charge in [0.2, 0.25) is 0 Å². The van der Waals surface area contributed by atoms with Gasteiger partial charge in [0.15, 0.2) is 0 Å². The number of hydrogen-bond acceptors (Lipinski definition) is 2. The van der Waals surface area contributed by atoms with Crippen LogP contribution < -0.4 is 15.4 Å². The molecular weight excluding hydrogens is 314 g/mol. The van der Waals surface area contributed by atoms with E-state index in [1.165, 1.54) is 0 Å². The number of H-pyrrole nitrogens is 1. The Morgan fingerprint density at radius 3 is 2.44 bits per heavy atom. The molecule has 5 nitrogen and oxygen atoms in total. The molecule has 0 saturated heterocycles. The van der Waals surface area contributed by atoms with Gasteiger partial charge in [0.1, 0.15) is 5.75 Å². The number of rotatable bonds is 6. The van der Waals surface area contributed by atoms with Gasteiger partial charge in [-0.2, -0.15) is 0 Å². The van der Waals surface area contributed by atoms with Crippen LogP contribution in [0.1, 0.15) is 5.56 Å². The van der Waals surface area contributed by atoms with E-state index in [4.69, 9.17) is 4.74 Å². The molecule has 25 heavy (non-hydrogen) atoms. The van der Waals surface area contributed by atoms with Crippen molar-refractivity contribution in [3.8, 4) is 17.0 Å². The first-order valence-electron chi connectivity index (χ1n) is 8.16. The van der Waals surface area contributed by atoms with Gasteiger partial charge < -0.3 is 20.4 Å². The molecule has 1 heterocycles. The van der Waals surface area contributed by atoms with Gasteiger partial charge in [0, 0.05) is 24.1 Å². The average molecular weight is 335 g/mol. The highest BCUT2D eigenvalue weighted by Crippen LogP contribution is 2.19. The van der Waals surface area contributed by atoms with Crippen molar-refractivity contribution in [2.45, 2.75) is 6.42 Å². The minimum absolute atomic E-state index is 0.207. The molecule has 5 heteroatoms. The molecule has 0 saturated carbocycles. The van der Waals surface area contributed by atoms with Crippen molar-refractivity contribution in [3.63, 3.8) is 0 Å². The van der Waals surface area contributed by atoms with Crippen LogP contribution in [0.15, 0.2) is 66.9 Å². The summed E-state index contributed by atoms with van der Waals surface area (Å²) in [5.41, 5.74) is 4.04. The number of aromatic amines is 1. The molecule has 0 aliphatic rings. The van der Waals surface area contributed by atoms with Gasteiger partial charge in [0.05, 0.1) is 7.11 Å². The second-order valence-corrected chi connectivity index (χ2v) is 5.64. The molecule has 0 aliphatic heterocycles. The summed E-state index contributed by atoms with van der Waals surface area (Å²) in [5.74, 6) is 0.831. The van der Waals surface area contributed by atoms with E-state index < -0.39 is 0 Å². The second-order valence-electron chi connectivity index (χ2n) is 5.64. The van der Waals surface area contributed by atoms with Crippen LogP contribution in [0.2, 0.25) is 0 Å². The van der Waals surface area contributed by atoms with Crippen molar-refractivity contribution in [2.75, 3.05) is 19.0 Å². The molecule has 3 N–H and O–H groups in total. The molecule has 3 aromatic rings. The van der Waals surface area contributed by atoms with Gasteiger partial charge in [-0.05, 0) is 53.9 Å². The molecule has 1 aromatic heterocycles. The van der Waals surface area contributed by atoms with Crippen LogP contribution in [0, 0.1) is 0 Å². The highest BCUT2D eigenvalue weighted by atomic mass is 16.5. The van der Waals surface area contributed by atoms with Crippen LogP contribution in [-0.4, -0.2) is 24.7 Å². The molecule has 0 bridgehead atoms. The molecule has 0 fully saturated rings. The summed E-state index contributed by atoms with van der Waals surface area (Å²) < 4.78 is 5.13. The maximum Gasteiger partial charge on any atom is 0.319 e. The Morgan fingerprint density at radius 2 is 1.80 bits per heavy atom. The molecule has 128 valence electrons. The lowest BCUT2D eigenvalue weighted by atomic mass is 10.1. The monoisotopic (exact) mass is 335 g/mol. The van der Waals surface area contributed by atoms with Crippen LogP contribution in [0.4, 0.5) is 10.5 Å². The number of amides is 2. The predicted molar refractivity (Wildman–Crippen MR) is 99.9 cm³/mol. The van der Waals surface area contributed by atoms with Crippen molar-refractivity contribution < 1.29 is 9.53 Å². The number of anilines is 1. The van der Waals surface area contributed by atoms with E-state index in [1.54, 1.807) is 7.11 Å². The molecule has 0 unspecified atom stereocenters. The summed E-state index contributed by atoms with van der Waals surface area (Å²) >= 11 is 0. The molecule has 0 radical (unpaired) electrons. The zero-order chi connectivity index (χ0) is 17.5. The first-order chi connectivity index (χ1) is 12.2. The number of nitrogens with one attached hydrogen (secondary N) is 3. The second kappa shape index (κ2) is 8.06. The third kappa shape index (κ3) is 4.64. The lowest BCUT2D eigenvalue weighted by Crippen LogP contribution is -2.30. The first-order valence-corrected chi connectivity index (χ1v) is 8.16. The topological polar surface area (TPSA) is 66.2 Å². The van der Waals surface area contributed by atoms with E-state index >= 15 is 0 Å². The van der Waals surface area contributed by atoms with Crippen LogP contribution >= 0.6 is 0 Å². The maximum absolute atomic E-state index is 12.0. The van der Waals surface area contributed by atoms with E-state index in [0.717, 1.165) is 34.7 Å². The van der Waals surface area contributed by atoms with Gasteiger partial charge in [-0.1, -0.05) is 24.3 Å². The zero-order valence-electron chi connectivity index (χ0n) is 14.1. The van der Waals surface area contributed by atoms with E-state index in [0.29, 0.717) is 6.54 Å². The summed E-state index contributed by atoms with van der Waals surface area (Å²) in [5, 5.41) is 5.70. The SMILES string of the molecule is COc1ccc(CCNC(=O)Nc2ccc(-c3ccc[nH]3)cc2)cc1. The van der Waals surface area contributed by atoms with Crippen molar-refractivity contribution in [2.24, 2.45) is 0 Å². The number of benzene rings is 2. The molecule has 3 rings (SSSR count). The number of methoxy groups -OCH3 is 1. The number of carbonyl (C=O) groups is 1. The third-order valence-corrected chi connectivity index (χ3v) is 3.91. The van der Waals surface area contributed by atoms with Gasteiger partial charge in [-0.3, -0.25) is 0 Å². The number of hydrogen-bond donors (Lipinski definition) is 3. The number of carbonyl (C=O) groups excluding carboxylic acids is 1. The molecular formula is C20H21N3O2. The quantitative estimate of drug-likeness (QED) is 0.636. The van der Waals surface area contributed by atoms with E-state index in [2.05, 4.69) is 15.6 Å². The lowest BCUT2D eigenvalue weighted by Gasteiger charge is -2.09. The summed E-state index contributed by atoms with van der Waals surface area (Å²) in [6, 6.07) is 19.3. The zero-order valence-corrected chi connectivity index (χ0v) is 14.1. The van der Waals surface area contributed by atoms with Crippen LogP contribution in [0.5, 0.6) is 5.75 Å². The Bertz CT molecular complexity index is 794. The average Bonchev–Trinajstić information content (AvgIpc) is 3.18. The van der Waals surface area contributed by atoms with Crippen molar-refractivity contribution in [3.05, 3.63) is 72.4 Å². The van der Waals surface area contributed by atoms with Gasteiger partial charge in [-0.15, -0.1) is 0 Å². The Labute approximate surface area is 147 Å². The van der Waals surface area contributed by atoms with Crippen molar-refractivity contribution >= 4 is 11.7 Å². The van der Waals surface area contributed by atoms with E-state index in [-0.39, 0.29) is 6.03 Å². The number of urea groups is 1. The standard InChI is InChI=1S/C20H21N3O2/c1-25-18-10-4-15(5-11-18)12-14-22-20(24)23-17-8-6-16(7-9-17)19-3-2-13-21-19/h2-11,13,21H,12,14H2,1H3,(H2,22,23,24). The number of aromatic nitrogens is 1. The van der Waals surface area contributed by atoms with Gasteiger partial charge in [-0.25, -0.2) is 4.79 Å². The Morgan fingerprint density at radius 1 is 1.04 bits per heavy atom. The van der Waals surface area contributed by atoms with Crippen molar-refractivity contribution in [1.29, 1.82) is 0 Å². The Hall–Kier alpha value is -3.21. The largest absolute Gasteiger partial charge is 0.497 e. The van der Waals surface area contributed by atoms with Gasteiger partial charge >= 0.3 is 6.03 Å². The molecule has 0 atom stereocenters. The Kier molecular flexibility index (Phi) is 5.36. The Balaban J connectivity index is 1.45. The van der Waals surface area contributed by atoms with Crippen LogP contribution in [0.25, 0.3) is 11.3 Å². The maximum atomic E-state index is 12.0. The first kappa shape index (κ1) is 16.6. The van der Waals surface area contributed by atoms with E-state index in [9.17, 15) is 4.79 Å². The van der Waals surface area contributed by atoms with Gasteiger partial charge in [0.25, 0.3) is 0 Å². The highest BCUT2D eigenvalue weighted by Gasteiger charge is 2.03. The van der Waals surface area contributed by atoms with Crippen molar-refractivity contribution in [1.82, 2.24) is 10.3 Å². The molecule has 0 aliphatic carbocycles. The molecule has 0 spiro atoms. The highest BCUT2D eigenvalue weighted by molar-refractivity contribution is 5.89. The summed E-state index contributed by atoms with van der Waals surface area (Å²) in [7, 11) is 1.64. The smallest absolute Gasteiger partial charge is 0.319 e. The molecule has 2 amide bonds. The summed E-state index contributed by atoms with van der Waals surface area (Å²) in [6.07, 6.45) is 2.65. The minimum Gasteiger partial charge on any atom is -0.497 e.